The summed E-state index contributed by atoms with van der Waals surface area (Å²) in [5, 5.41) is 3.83. The highest BCUT2D eigenvalue weighted by Gasteiger charge is 2.09. The predicted molar refractivity (Wildman–Crippen MR) is 88.1 cm³/mol. The number of hydrogen-bond acceptors (Lipinski definition) is 3. The van der Waals surface area contributed by atoms with E-state index < -0.39 is 0 Å². The van der Waals surface area contributed by atoms with Gasteiger partial charge in [-0.2, -0.15) is 0 Å². The fraction of sp³-hybridized carbons (Fsp3) is 0.133. The zero-order chi connectivity index (χ0) is 14.8. The quantitative estimate of drug-likeness (QED) is 0.645. The maximum Gasteiger partial charge on any atom is 0.267 e. The summed E-state index contributed by atoms with van der Waals surface area (Å²) in [6.07, 6.45) is 0.774. The van der Waals surface area contributed by atoms with E-state index in [4.69, 9.17) is 17.3 Å². The monoisotopic (exact) mass is 319 g/mol. The maximum absolute atomic E-state index is 12.1. The van der Waals surface area contributed by atoms with Crippen molar-refractivity contribution in [2.75, 3.05) is 12.3 Å². The van der Waals surface area contributed by atoms with Crippen LogP contribution in [0.4, 0.5) is 5.69 Å². The number of nitrogens with two attached hydrogens (primary N) is 1. The molecule has 4 N–H and O–H groups in total. The predicted octanol–water partition coefficient (Wildman–Crippen LogP) is 3.44. The number of H-pyrrole nitrogens is 1. The van der Waals surface area contributed by atoms with Gasteiger partial charge in [0.2, 0.25) is 0 Å². The Bertz CT molecular complexity index is 793. The average Bonchev–Trinajstić information content (AvgIpc) is 3.04. The van der Waals surface area contributed by atoms with E-state index in [1.54, 1.807) is 6.07 Å². The van der Waals surface area contributed by atoms with Gasteiger partial charge in [-0.1, -0.05) is 11.6 Å². The highest BCUT2D eigenvalue weighted by molar-refractivity contribution is 7.16. The number of nitrogen functional groups attached to an aromatic ring is 1. The third-order valence-corrected chi connectivity index (χ3v) is 4.47. The first kappa shape index (κ1) is 14.0. The van der Waals surface area contributed by atoms with Crippen molar-refractivity contribution in [1.29, 1.82) is 0 Å². The number of amides is 1. The van der Waals surface area contributed by atoms with Crippen molar-refractivity contribution >= 4 is 45.4 Å². The second-order valence-electron chi connectivity index (χ2n) is 4.74. The zero-order valence-corrected chi connectivity index (χ0v) is 12.7. The molecular formula is C15H14ClN3OS. The van der Waals surface area contributed by atoms with E-state index in [0.717, 1.165) is 26.5 Å². The second-order valence-corrected chi connectivity index (χ2v) is 6.54. The van der Waals surface area contributed by atoms with Crippen LogP contribution in [0.1, 0.15) is 15.4 Å². The Labute approximate surface area is 130 Å². The first-order valence-corrected chi connectivity index (χ1v) is 7.72. The molecule has 0 unspecified atom stereocenters. The number of benzene rings is 1. The van der Waals surface area contributed by atoms with E-state index in [1.807, 2.05) is 30.3 Å². The third kappa shape index (κ3) is 3.20. The Hall–Kier alpha value is -1.98. The molecule has 4 nitrogen and oxygen atoms in total. The molecule has 0 fully saturated rings. The minimum absolute atomic E-state index is 0.118. The van der Waals surface area contributed by atoms with Crippen molar-refractivity contribution in [2.24, 2.45) is 0 Å². The van der Waals surface area contributed by atoms with Crippen molar-refractivity contribution < 1.29 is 4.79 Å². The maximum atomic E-state index is 12.1. The number of carbonyl (C=O) groups excluding carboxylic acids is 1. The van der Waals surface area contributed by atoms with Crippen molar-refractivity contribution in [1.82, 2.24) is 10.3 Å². The van der Waals surface area contributed by atoms with E-state index in [0.29, 0.717) is 17.9 Å². The van der Waals surface area contributed by atoms with E-state index >= 15 is 0 Å². The normalized spacial score (nSPS) is 10.9. The van der Waals surface area contributed by atoms with Gasteiger partial charge in [0.1, 0.15) is 5.69 Å². The van der Waals surface area contributed by atoms with Crippen LogP contribution in [-0.4, -0.2) is 17.4 Å². The van der Waals surface area contributed by atoms with Gasteiger partial charge < -0.3 is 16.0 Å². The van der Waals surface area contributed by atoms with Crippen LogP contribution in [0, 0.1) is 0 Å². The molecule has 0 radical (unpaired) electrons. The van der Waals surface area contributed by atoms with E-state index in [1.165, 1.54) is 11.3 Å². The molecule has 0 saturated carbocycles. The second kappa shape index (κ2) is 5.79. The summed E-state index contributed by atoms with van der Waals surface area (Å²) >= 11 is 7.40. The van der Waals surface area contributed by atoms with Gasteiger partial charge in [0, 0.05) is 28.0 Å². The first-order valence-electron chi connectivity index (χ1n) is 6.52. The molecular weight excluding hydrogens is 306 g/mol. The lowest BCUT2D eigenvalue weighted by Crippen LogP contribution is -2.25. The highest BCUT2D eigenvalue weighted by Crippen LogP contribution is 2.21. The molecule has 2 aromatic heterocycles. The lowest BCUT2D eigenvalue weighted by Gasteiger charge is -2.01. The van der Waals surface area contributed by atoms with Crippen LogP contribution < -0.4 is 11.1 Å². The molecule has 0 atom stereocenters. The number of rotatable bonds is 4. The Balaban J connectivity index is 1.63. The molecule has 0 aliphatic heterocycles. The number of aromatic nitrogens is 1. The average molecular weight is 320 g/mol. The van der Waals surface area contributed by atoms with Crippen LogP contribution >= 0.6 is 22.9 Å². The summed E-state index contributed by atoms with van der Waals surface area (Å²) < 4.78 is 0.768. The molecule has 2 heterocycles. The van der Waals surface area contributed by atoms with Crippen LogP contribution in [0.3, 0.4) is 0 Å². The van der Waals surface area contributed by atoms with Crippen molar-refractivity contribution in [3.05, 3.63) is 51.3 Å². The third-order valence-electron chi connectivity index (χ3n) is 3.18. The fourth-order valence-electron chi connectivity index (χ4n) is 2.15. The number of anilines is 1. The number of carbonyl (C=O) groups is 1. The number of halogens is 1. The number of nitrogens with one attached hydrogen (secondary N) is 2. The standard InChI is InChI=1S/C15H14ClN3OS/c16-14-4-2-11(21-14)5-6-18-15(20)13-8-9-7-10(17)1-3-12(9)19-13/h1-4,7-8,19H,5-6,17H2,(H,18,20). The molecule has 3 rings (SSSR count). The lowest BCUT2D eigenvalue weighted by atomic mass is 10.2. The van der Waals surface area contributed by atoms with Crippen molar-refractivity contribution in [2.45, 2.75) is 6.42 Å². The molecule has 108 valence electrons. The molecule has 1 aromatic carbocycles. The van der Waals surface area contributed by atoms with Gasteiger partial charge in [-0.25, -0.2) is 0 Å². The largest absolute Gasteiger partial charge is 0.399 e. The molecule has 0 bridgehead atoms. The Morgan fingerprint density at radius 3 is 2.90 bits per heavy atom. The summed E-state index contributed by atoms with van der Waals surface area (Å²) in [6.45, 7) is 0.577. The minimum Gasteiger partial charge on any atom is -0.399 e. The molecule has 21 heavy (non-hydrogen) atoms. The molecule has 6 heteroatoms. The Morgan fingerprint density at radius 2 is 2.14 bits per heavy atom. The van der Waals surface area contributed by atoms with Crippen LogP contribution in [0.5, 0.6) is 0 Å². The number of aromatic amines is 1. The van der Waals surface area contributed by atoms with Crippen molar-refractivity contribution in [3.8, 4) is 0 Å². The SMILES string of the molecule is Nc1ccc2[nH]c(C(=O)NCCc3ccc(Cl)s3)cc2c1. The van der Waals surface area contributed by atoms with Gasteiger partial charge >= 0.3 is 0 Å². The van der Waals surface area contributed by atoms with E-state index in [9.17, 15) is 4.79 Å². The van der Waals surface area contributed by atoms with Gasteiger partial charge in [-0.15, -0.1) is 11.3 Å². The summed E-state index contributed by atoms with van der Waals surface area (Å²) in [5.74, 6) is -0.118. The molecule has 0 aliphatic carbocycles. The summed E-state index contributed by atoms with van der Waals surface area (Å²) in [6, 6.07) is 11.2. The number of thiophene rings is 1. The van der Waals surface area contributed by atoms with Crippen LogP contribution in [0.2, 0.25) is 4.34 Å². The smallest absolute Gasteiger partial charge is 0.267 e. The Morgan fingerprint density at radius 1 is 1.29 bits per heavy atom. The van der Waals surface area contributed by atoms with Crippen molar-refractivity contribution in [3.63, 3.8) is 0 Å². The van der Waals surface area contributed by atoms with E-state index in [2.05, 4.69) is 10.3 Å². The summed E-state index contributed by atoms with van der Waals surface area (Å²) in [4.78, 5) is 16.3. The minimum atomic E-state index is -0.118. The molecule has 0 aliphatic rings. The Kier molecular flexibility index (Phi) is 3.86. The molecule has 1 amide bonds. The number of hydrogen-bond donors (Lipinski definition) is 3. The van der Waals surface area contributed by atoms with Gasteiger partial charge in [0.05, 0.1) is 4.34 Å². The summed E-state index contributed by atoms with van der Waals surface area (Å²) in [7, 11) is 0. The van der Waals surface area contributed by atoms with Crippen LogP contribution in [0.25, 0.3) is 10.9 Å². The number of fused-ring (bicyclic) bond motifs is 1. The molecule has 0 spiro atoms. The highest BCUT2D eigenvalue weighted by atomic mass is 35.5. The molecule has 3 aromatic rings. The topological polar surface area (TPSA) is 70.9 Å². The fourth-order valence-corrected chi connectivity index (χ4v) is 3.24. The first-order chi connectivity index (χ1) is 10.1. The molecule has 0 saturated heterocycles. The van der Waals surface area contributed by atoms with Gasteiger partial charge in [-0.3, -0.25) is 4.79 Å². The van der Waals surface area contributed by atoms with Crippen LogP contribution in [-0.2, 0) is 6.42 Å². The van der Waals surface area contributed by atoms with Gasteiger partial charge in [0.25, 0.3) is 5.91 Å². The van der Waals surface area contributed by atoms with Gasteiger partial charge in [-0.05, 0) is 42.8 Å². The van der Waals surface area contributed by atoms with Crippen LogP contribution in [0.15, 0.2) is 36.4 Å². The zero-order valence-electron chi connectivity index (χ0n) is 11.2. The summed E-state index contributed by atoms with van der Waals surface area (Å²) in [5.41, 5.74) is 7.86. The lowest BCUT2D eigenvalue weighted by molar-refractivity contribution is 0.0950. The van der Waals surface area contributed by atoms with Gasteiger partial charge in [0.15, 0.2) is 0 Å². The van der Waals surface area contributed by atoms with E-state index in [-0.39, 0.29) is 5.91 Å².